The van der Waals surface area contributed by atoms with Crippen LogP contribution in [0.3, 0.4) is 0 Å². The number of thiol groups is 1. The predicted molar refractivity (Wildman–Crippen MR) is 132 cm³/mol. The van der Waals surface area contributed by atoms with Crippen LogP contribution < -0.4 is 15.0 Å². The molecule has 1 aromatic heterocycles. The Morgan fingerprint density at radius 2 is 1.79 bits per heavy atom. The molecule has 2 heterocycles. The van der Waals surface area contributed by atoms with Gasteiger partial charge >= 0.3 is 0 Å². The number of rotatable bonds is 6. The van der Waals surface area contributed by atoms with E-state index in [0.717, 1.165) is 34.3 Å². The van der Waals surface area contributed by atoms with Gasteiger partial charge in [-0.15, -0.1) is 0 Å². The number of nitrogens with zero attached hydrogens (tertiary/aromatic N) is 2. The normalized spacial score (nSPS) is 16.0. The highest BCUT2D eigenvalue weighted by atomic mass is 32.2. The summed E-state index contributed by atoms with van der Waals surface area (Å²) in [4.78, 5) is 20.2. The van der Waals surface area contributed by atoms with E-state index in [1.807, 2.05) is 30.3 Å². The van der Waals surface area contributed by atoms with Crippen molar-refractivity contribution in [2.45, 2.75) is 30.2 Å². The van der Waals surface area contributed by atoms with Crippen molar-refractivity contribution in [3.05, 3.63) is 77.5 Å². The number of nitrogens with one attached hydrogen (secondary N) is 1. The molecule has 7 heteroatoms. The maximum atomic E-state index is 12.7. The zero-order valence-corrected chi connectivity index (χ0v) is 19.8. The molecular weight excluding hydrogens is 434 g/mol. The molecule has 33 heavy (non-hydrogen) atoms. The smallest absolute Gasteiger partial charge is 0.270 e. The number of hydrogen-bond acceptors (Lipinski definition) is 5. The van der Waals surface area contributed by atoms with Crippen LogP contribution in [0.4, 0.5) is 11.4 Å². The third-order valence-corrected chi connectivity index (χ3v) is 7.72. The molecular formula is C26H29N3O3S. The molecule has 1 N–H and O–H groups in total. The molecule has 1 fully saturated rings. The highest BCUT2D eigenvalue weighted by Crippen LogP contribution is 2.41. The maximum Gasteiger partial charge on any atom is 0.270 e. The average molecular weight is 464 g/mol. The molecule has 5 rings (SSSR count). The summed E-state index contributed by atoms with van der Waals surface area (Å²) in [5.41, 5.74) is 4.65. The molecule has 0 radical (unpaired) electrons. The summed E-state index contributed by atoms with van der Waals surface area (Å²) >= 11 is 0. The summed E-state index contributed by atoms with van der Waals surface area (Å²) in [5.74, 6) is 0.955. The number of pyridine rings is 1. The fourth-order valence-electron chi connectivity index (χ4n) is 4.08. The zero-order chi connectivity index (χ0) is 23.0. The topological polar surface area (TPSA) is 71.5 Å². The van der Waals surface area contributed by atoms with Gasteiger partial charge in [-0.05, 0) is 78.8 Å². The van der Waals surface area contributed by atoms with Crippen LogP contribution in [0.25, 0.3) is 0 Å². The average Bonchev–Trinajstić information content (AvgIpc) is 3.67. The molecule has 0 saturated heterocycles. The fraction of sp³-hybridized carbons (Fsp3) is 0.308. The molecule has 0 unspecified atom stereocenters. The van der Waals surface area contributed by atoms with Crippen molar-refractivity contribution < 1.29 is 13.7 Å². The molecule has 1 saturated carbocycles. The van der Waals surface area contributed by atoms with Gasteiger partial charge in [0.1, 0.15) is 18.0 Å². The van der Waals surface area contributed by atoms with Gasteiger partial charge in [0.25, 0.3) is 5.91 Å². The number of carbonyl (C=O) groups excluding carboxylic acids is 1. The zero-order valence-electron chi connectivity index (χ0n) is 19.0. The number of ether oxygens (including phenoxy) is 1. The molecule has 0 atom stereocenters. The Morgan fingerprint density at radius 1 is 1.06 bits per heavy atom. The first-order valence-corrected chi connectivity index (χ1v) is 13.9. The van der Waals surface area contributed by atoms with E-state index in [1.165, 1.54) is 18.4 Å². The van der Waals surface area contributed by atoms with Crippen LogP contribution in [0.15, 0.2) is 65.6 Å². The molecule has 3 aromatic rings. The molecule has 2 aromatic carbocycles. The van der Waals surface area contributed by atoms with Gasteiger partial charge in [0.05, 0.1) is 6.54 Å². The van der Waals surface area contributed by atoms with Crippen molar-refractivity contribution in [1.29, 1.82) is 0 Å². The Hall–Kier alpha value is -3.19. The van der Waals surface area contributed by atoms with Crippen molar-refractivity contribution in [2.24, 2.45) is 0 Å². The third-order valence-electron chi connectivity index (χ3n) is 6.18. The molecule has 2 aliphatic rings. The third kappa shape index (κ3) is 4.78. The molecule has 0 bridgehead atoms. The number of fused-ring (bicyclic) bond motifs is 1. The Balaban J connectivity index is 1.27. The summed E-state index contributed by atoms with van der Waals surface area (Å²) in [5, 5.41) is 2.91. The van der Waals surface area contributed by atoms with Crippen LogP contribution in [0, 0.1) is 0 Å². The largest absolute Gasteiger partial charge is 0.474 e. The van der Waals surface area contributed by atoms with E-state index >= 15 is 0 Å². The van der Waals surface area contributed by atoms with Gasteiger partial charge < -0.3 is 15.0 Å². The lowest BCUT2D eigenvalue weighted by Gasteiger charge is -2.30. The SMILES string of the molecule is C[SH](C)(=O)c1ccc(CNC(=O)c2ccc3c(n2)OCCN3c2ccc(C3CC3)cc2)cc1. The lowest BCUT2D eigenvalue weighted by Crippen LogP contribution is -2.30. The second-order valence-electron chi connectivity index (χ2n) is 9.09. The minimum atomic E-state index is -2.28. The number of amides is 1. The molecule has 1 aliphatic carbocycles. The predicted octanol–water partition coefficient (Wildman–Crippen LogP) is 4.05. The summed E-state index contributed by atoms with van der Waals surface area (Å²) < 4.78 is 17.9. The van der Waals surface area contributed by atoms with Gasteiger partial charge in [0, 0.05) is 17.1 Å². The Morgan fingerprint density at radius 3 is 2.45 bits per heavy atom. The lowest BCUT2D eigenvalue weighted by atomic mass is 10.1. The lowest BCUT2D eigenvalue weighted by molar-refractivity contribution is 0.0944. The van der Waals surface area contributed by atoms with Gasteiger partial charge in [-0.25, -0.2) is 4.98 Å². The van der Waals surface area contributed by atoms with Crippen molar-refractivity contribution in [3.63, 3.8) is 0 Å². The first-order chi connectivity index (χ1) is 15.9. The summed E-state index contributed by atoms with van der Waals surface area (Å²) in [7, 11) is -2.28. The second-order valence-corrected chi connectivity index (χ2v) is 12.3. The van der Waals surface area contributed by atoms with E-state index in [4.69, 9.17) is 4.74 Å². The van der Waals surface area contributed by atoms with Gasteiger partial charge in [-0.3, -0.25) is 9.00 Å². The van der Waals surface area contributed by atoms with E-state index in [-0.39, 0.29) is 5.91 Å². The van der Waals surface area contributed by atoms with Crippen molar-refractivity contribution in [3.8, 4) is 5.88 Å². The van der Waals surface area contributed by atoms with E-state index in [9.17, 15) is 9.00 Å². The van der Waals surface area contributed by atoms with E-state index in [2.05, 4.69) is 39.5 Å². The van der Waals surface area contributed by atoms with Crippen molar-refractivity contribution in [1.82, 2.24) is 10.3 Å². The van der Waals surface area contributed by atoms with E-state index < -0.39 is 9.93 Å². The highest BCUT2D eigenvalue weighted by molar-refractivity contribution is 8.01. The van der Waals surface area contributed by atoms with Crippen LogP contribution in [-0.2, 0) is 16.5 Å². The van der Waals surface area contributed by atoms with Gasteiger partial charge in [-0.1, -0.05) is 34.2 Å². The van der Waals surface area contributed by atoms with E-state index in [0.29, 0.717) is 24.7 Å². The van der Waals surface area contributed by atoms with Crippen LogP contribution in [0.1, 0.15) is 40.4 Å². The van der Waals surface area contributed by atoms with Crippen LogP contribution >= 0.6 is 0 Å². The van der Waals surface area contributed by atoms with E-state index in [1.54, 1.807) is 18.6 Å². The first kappa shape index (κ1) is 21.6. The Labute approximate surface area is 195 Å². The minimum absolute atomic E-state index is 0.256. The molecule has 6 nitrogen and oxygen atoms in total. The number of anilines is 2. The second kappa shape index (κ2) is 8.63. The number of hydrogen-bond donors (Lipinski definition) is 2. The van der Waals surface area contributed by atoms with Gasteiger partial charge in [0.15, 0.2) is 0 Å². The summed E-state index contributed by atoms with van der Waals surface area (Å²) in [6.45, 7) is 1.62. The maximum absolute atomic E-state index is 12.7. The Kier molecular flexibility index (Phi) is 5.66. The monoisotopic (exact) mass is 463 g/mol. The van der Waals surface area contributed by atoms with Crippen LogP contribution in [0.2, 0.25) is 0 Å². The van der Waals surface area contributed by atoms with Gasteiger partial charge in [-0.2, -0.15) is 0 Å². The van der Waals surface area contributed by atoms with Crippen LogP contribution in [0.5, 0.6) is 5.88 Å². The van der Waals surface area contributed by atoms with Crippen molar-refractivity contribution >= 4 is 27.2 Å². The van der Waals surface area contributed by atoms with Crippen molar-refractivity contribution in [2.75, 3.05) is 30.6 Å². The standard InChI is InChI=1S/C26H29N3O3S/c1-33(2,31)22-11-3-18(4-12-22)17-27-25(30)23-13-14-24-26(28-23)32-16-15-29(24)21-9-7-20(8-10-21)19-5-6-19/h3-4,7-14,19,33H,5-6,15-17H2,1-2H3,(H,27,30). The first-order valence-electron chi connectivity index (χ1n) is 11.3. The summed E-state index contributed by atoms with van der Waals surface area (Å²) in [6.07, 6.45) is 6.08. The molecule has 172 valence electrons. The molecule has 1 aliphatic heterocycles. The Bertz CT molecular complexity index is 1210. The fourth-order valence-corrected chi connectivity index (χ4v) is 4.95. The molecule has 0 spiro atoms. The quantitative estimate of drug-likeness (QED) is 0.540. The minimum Gasteiger partial charge on any atom is -0.474 e. The van der Waals surface area contributed by atoms with Gasteiger partial charge in [0.2, 0.25) is 5.88 Å². The van der Waals surface area contributed by atoms with Crippen LogP contribution in [-0.4, -0.2) is 40.8 Å². The number of benzene rings is 2. The number of carbonyl (C=O) groups is 1. The summed E-state index contributed by atoms with van der Waals surface area (Å²) in [6, 6.07) is 19.9. The highest BCUT2D eigenvalue weighted by Gasteiger charge is 2.25. The molecule has 1 amide bonds. The number of aromatic nitrogens is 1.